The lowest BCUT2D eigenvalue weighted by molar-refractivity contribution is -0.139. The highest BCUT2D eigenvalue weighted by Crippen LogP contribution is 2.58. The summed E-state index contributed by atoms with van der Waals surface area (Å²) < 4.78 is 0. The summed E-state index contributed by atoms with van der Waals surface area (Å²) in [6.07, 6.45) is -0.633. The zero-order valence-electron chi connectivity index (χ0n) is 21.8. The van der Waals surface area contributed by atoms with Gasteiger partial charge in [0.15, 0.2) is 17.0 Å². The van der Waals surface area contributed by atoms with Gasteiger partial charge in [-0.15, -0.1) is 11.8 Å². The van der Waals surface area contributed by atoms with E-state index < -0.39 is 74.8 Å². The van der Waals surface area contributed by atoms with Gasteiger partial charge in [0.05, 0.1) is 39.9 Å². The number of carbonyl (C=O) groups is 3. The van der Waals surface area contributed by atoms with Crippen molar-refractivity contribution < 1.29 is 29.7 Å². The van der Waals surface area contributed by atoms with Crippen LogP contribution in [0.3, 0.4) is 0 Å². The number of nitrogens with zero attached hydrogens (tertiary/aromatic N) is 2. The molecule has 0 heterocycles. The van der Waals surface area contributed by atoms with Gasteiger partial charge in [-0.2, -0.15) is 5.26 Å². The smallest absolute Gasteiger partial charge is 0.255 e. The molecule has 11 nitrogen and oxygen atoms in total. The van der Waals surface area contributed by atoms with Gasteiger partial charge in [-0.1, -0.05) is 11.8 Å². The average molecular weight is 530 g/mol. The number of aliphatic hydroxyl groups is 2. The quantitative estimate of drug-likeness (QED) is 0.216. The summed E-state index contributed by atoms with van der Waals surface area (Å²) in [7, 11) is 2.91. The maximum Gasteiger partial charge on any atom is 0.255 e. The van der Waals surface area contributed by atoms with Crippen LogP contribution in [-0.2, 0) is 20.8 Å². The number of rotatable bonds is 2. The van der Waals surface area contributed by atoms with Gasteiger partial charge < -0.3 is 32.5 Å². The van der Waals surface area contributed by atoms with Crippen molar-refractivity contribution in [3.63, 3.8) is 0 Å². The van der Waals surface area contributed by atoms with E-state index in [9.17, 15) is 35.0 Å². The molecule has 0 saturated heterocycles. The predicted octanol–water partition coefficient (Wildman–Crippen LogP) is -0.352. The van der Waals surface area contributed by atoms with Crippen LogP contribution in [0.4, 0.5) is 0 Å². The molecular formula is C28H27N5O6. The number of carbonyl (C=O) groups excluding carboxylic acids is 3. The monoisotopic (exact) mass is 529 g/mol. The molecule has 11 heteroatoms. The predicted molar refractivity (Wildman–Crippen MR) is 139 cm³/mol. The molecule has 0 unspecified atom stereocenters. The van der Waals surface area contributed by atoms with Crippen molar-refractivity contribution in [3.8, 4) is 35.5 Å². The molecule has 1 aromatic carbocycles. The SMILES string of the molecule is CC#Cc1cc(C#CC)c2c(c1O)C(O)=C1C(=O)[C@]3(C#N)C(O)=C(C(N)=O)C(=O)[C@@H](N(C)C)[C@]3(N)C[C@]1(N)C2. The first-order valence-corrected chi connectivity index (χ1v) is 11.8. The molecule has 1 fully saturated rings. The van der Waals surface area contributed by atoms with E-state index in [1.807, 2.05) is 0 Å². The van der Waals surface area contributed by atoms with E-state index in [4.69, 9.17) is 17.2 Å². The molecule has 1 amide bonds. The molecule has 0 spiro atoms. The molecule has 39 heavy (non-hydrogen) atoms. The van der Waals surface area contributed by atoms with Gasteiger partial charge in [0.2, 0.25) is 0 Å². The Hall–Kier alpha value is -4.60. The maximum atomic E-state index is 14.3. The summed E-state index contributed by atoms with van der Waals surface area (Å²) >= 11 is 0. The van der Waals surface area contributed by atoms with E-state index in [1.54, 1.807) is 19.9 Å². The normalized spacial score (nSPS) is 29.3. The average Bonchev–Trinajstić information content (AvgIpc) is 2.81. The van der Waals surface area contributed by atoms with E-state index in [-0.39, 0.29) is 17.5 Å². The van der Waals surface area contributed by atoms with Crippen molar-refractivity contribution in [1.29, 1.82) is 5.26 Å². The van der Waals surface area contributed by atoms with Crippen LogP contribution in [-0.4, -0.2) is 68.9 Å². The number of primary amides is 1. The Morgan fingerprint density at radius 2 is 1.69 bits per heavy atom. The molecule has 0 aliphatic heterocycles. The van der Waals surface area contributed by atoms with Crippen molar-refractivity contribution in [1.82, 2.24) is 4.90 Å². The first-order chi connectivity index (χ1) is 18.2. The fourth-order valence-electron chi connectivity index (χ4n) is 6.38. The van der Waals surface area contributed by atoms with Crippen LogP contribution in [0.1, 0.15) is 42.5 Å². The molecule has 9 N–H and O–H groups in total. The van der Waals surface area contributed by atoms with Crippen molar-refractivity contribution in [2.24, 2.45) is 22.6 Å². The number of nitrogens with two attached hydrogens (primary N) is 3. The molecule has 200 valence electrons. The van der Waals surface area contributed by atoms with Crippen LogP contribution in [0.25, 0.3) is 5.76 Å². The minimum Gasteiger partial charge on any atom is -0.509 e. The van der Waals surface area contributed by atoms with Crippen LogP contribution < -0.4 is 17.2 Å². The van der Waals surface area contributed by atoms with Crippen molar-refractivity contribution in [2.45, 2.75) is 43.8 Å². The third-order valence-corrected chi connectivity index (χ3v) is 7.77. The van der Waals surface area contributed by atoms with Crippen LogP contribution in [0, 0.1) is 40.4 Å². The number of nitriles is 1. The maximum absolute atomic E-state index is 14.3. The van der Waals surface area contributed by atoms with Crippen LogP contribution in [0.15, 0.2) is 23.0 Å². The molecule has 3 aliphatic carbocycles. The van der Waals surface area contributed by atoms with Gasteiger partial charge in [0.25, 0.3) is 5.91 Å². The number of phenols is 1. The molecule has 0 radical (unpaired) electrons. The van der Waals surface area contributed by atoms with Gasteiger partial charge in [-0.05, 0) is 52.4 Å². The zero-order valence-corrected chi connectivity index (χ0v) is 21.8. The molecule has 0 aromatic heterocycles. The molecule has 4 atom stereocenters. The third kappa shape index (κ3) is 3.27. The van der Waals surface area contributed by atoms with E-state index in [1.165, 1.54) is 25.1 Å². The van der Waals surface area contributed by atoms with Gasteiger partial charge in [-0.3, -0.25) is 19.3 Å². The summed E-state index contributed by atoms with van der Waals surface area (Å²) in [5, 5.41) is 44.3. The Labute approximate surface area is 224 Å². The van der Waals surface area contributed by atoms with Crippen LogP contribution >= 0.6 is 0 Å². The molecule has 3 aliphatic rings. The standard InChI is InChI=1S/C28H27N5O6/c1-5-7-13-9-14(8-6-2)19(34)16-15(13)10-26(31)11-28(32)22(33(3)4)21(36)17(25(30)39)23(37)27(28,12-29)24(38)18(26)20(16)35/h9,22,34-35,37H,10-11,31-32H2,1-4H3,(H2,30,39)/t22-,26-,27+,28-/m1/s1. The fraction of sp³-hybridized carbons (Fsp3) is 0.357. The molecule has 1 aromatic rings. The highest BCUT2D eigenvalue weighted by atomic mass is 16.3. The summed E-state index contributed by atoms with van der Waals surface area (Å²) in [6.45, 7) is 3.14. The minimum atomic E-state index is -2.72. The number of benzene rings is 1. The fourth-order valence-corrected chi connectivity index (χ4v) is 6.38. The molecule has 1 saturated carbocycles. The van der Waals surface area contributed by atoms with E-state index in [0.717, 1.165) is 0 Å². The first-order valence-electron chi connectivity index (χ1n) is 11.8. The van der Waals surface area contributed by atoms with Gasteiger partial charge in [-0.25, -0.2) is 0 Å². The van der Waals surface area contributed by atoms with Crippen molar-refractivity contribution in [2.75, 3.05) is 14.1 Å². The van der Waals surface area contributed by atoms with E-state index >= 15 is 0 Å². The highest BCUT2D eigenvalue weighted by Gasteiger charge is 2.74. The summed E-state index contributed by atoms with van der Waals surface area (Å²) in [5.41, 5.74) is 11.6. The second-order valence-corrected chi connectivity index (χ2v) is 10.2. The second-order valence-electron chi connectivity index (χ2n) is 10.2. The number of aromatic hydroxyl groups is 1. The van der Waals surface area contributed by atoms with E-state index in [0.29, 0.717) is 11.1 Å². The van der Waals surface area contributed by atoms with Crippen molar-refractivity contribution >= 4 is 23.2 Å². The summed E-state index contributed by atoms with van der Waals surface area (Å²) in [4.78, 5) is 41.4. The van der Waals surface area contributed by atoms with Gasteiger partial charge >= 0.3 is 0 Å². The lowest BCUT2D eigenvalue weighted by atomic mass is 9.47. The number of amides is 1. The summed E-state index contributed by atoms with van der Waals surface area (Å²) in [5.74, 6) is 5.13. The van der Waals surface area contributed by atoms with Crippen molar-refractivity contribution in [3.05, 3.63) is 45.2 Å². The Kier molecular flexibility index (Phi) is 6.14. The molecule has 4 rings (SSSR count). The number of likely N-dealkylation sites (N-methyl/N-ethyl adjacent to an activating group) is 1. The lowest BCUT2D eigenvalue weighted by Gasteiger charge is -2.58. The Bertz CT molecular complexity index is 1630. The number of Topliss-reactive ketones (excluding diaryl/α,β-unsaturated/α-hetero) is 2. The van der Waals surface area contributed by atoms with E-state index in [2.05, 4.69) is 23.7 Å². The lowest BCUT2D eigenvalue weighted by Crippen LogP contribution is -2.80. The van der Waals surface area contributed by atoms with Gasteiger partial charge in [0.1, 0.15) is 22.8 Å². The highest BCUT2D eigenvalue weighted by molar-refractivity contribution is 6.25. The third-order valence-electron chi connectivity index (χ3n) is 7.77. The minimum absolute atomic E-state index is 0.131. The summed E-state index contributed by atoms with van der Waals surface area (Å²) in [6, 6.07) is 1.80. The Balaban J connectivity index is 2.18. The Morgan fingerprint density at radius 1 is 1.10 bits per heavy atom. The number of ketones is 2. The number of hydrogen-bond donors (Lipinski definition) is 6. The topological polar surface area (TPSA) is 217 Å². The molecular weight excluding hydrogens is 502 g/mol. The van der Waals surface area contributed by atoms with Gasteiger partial charge in [0, 0.05) is 5.56 Å². The number of phenolic OH excluding ortho intramolecular Hbond substituents is 1. The number of fused-ring (bicyclic) bond motifs is 3. The first kappa shape index (κ1) is 27.4. The Morgan fingerprint density at radius 3 is 2.21 bits per heavy atom. The largest absolute Gasteiger partial charge is 0.509 e. The molecule has 0 bridgehead atoms. The number of aliphatic hydroxyl groups excluding tert-OH is 2. The second kappa shape index (κ2) is 8.72. The number of hydrogen-bond acceptors (Lipinski definition) is 10. The zero-order chi connectivity index (χ0) is 29.2. The van der Waals surface area contributed by atoms with Crippen LogP contribution in [0.5, 0.6) is 5.75 Å². The van der Waals surface area contributed by atoms with Crippen LogP contribution in [0.2, 0.25) is 0 Å².